The second kappa shape index (κ2) is 7.58. The first-order valence-electron chi connectivity index (χ1n) is 10.6. The number of fused-ring (bicyclic) bond motifs is 1. The molecule has 0 aliphatic heterocycles. The third kappa shape index (κ3) is 3.57. The van der Waals surface area contributed by atoms with Crippen LogP contribution in [0, 0.1) is 5.82 Å². The summed E-state index contributed by atoms with van der Waals surface area (Å²) >= 11 is 0. The lowest BCUT2D eigenvalue weighted by Crippen LogP contribution is -2.36. The number of nitrogens with zero attached hydrogens (tertiary/aromatic N) is 6. The van der Waals surface area contributed by atoms with Crippen molar-refractivity contribution in [2.75, 3.05) is 0 Å². The molecule has 0 bridgehead atoms. The van der Waals surface area contributed by atoms with Gasteiger partial charge in [0.05, 0.1) is 29.0 Å². The van der Waals surface area contributed by atoms with Crippen LogP contribution in [0.25, 0.3) is 22.2 Å². The van der Waals surface area contributed by atoms with Gasteiger partial charge in [0.1, 0.15) is 5.82 Å². The molecule has 3 aromatic heterocycles. The summed E-state index contributed by atoms with van der Waals surface area (Å²) in [5.74, 6) is -0.944. The van der Waals surface area contributed by atoms with Crippen molar-refractivity contribution in [3.63, 3.8) is 0 Å². The fourth-order valence-corrected chi connectivity index (χ4v) is 3.93. The lowest BCUT2D eigenvalue weighted by molar-refractivity contribution is 0.0920. The number of hydrogen-bond donors (Lipinski definition) is 1. The molecule has 3 heterocycles. The Morgan fingerprint density at radius 2 is 1.97 bits per heavy atom. The Kier molecular flexibility index (Phi) is 4.80. The van der Waals surface area contributed by atoms with Crippen LogP contribution in [0.4, 0.5) is 4.39 Å². The van der Waals surface area contributed by atoms with Crippen molar-refractivity contribution in [1.29, 1.82) is 0 Å². The molecule has 0 radical (unpaired) electrons. The van der Waals surface area contributed by atoms with Gasteiger partial charge >= 0.3 is 0 Å². The van der Waals surface area contributed by atoms with Gasteiger partial charge in [-0.05, 0) is 38.3 Å². The van der Waals surface area contributed by atoms with Gasteiger partial charge in [0, 0.05) is 31.0 Å². The second-order valence-electron chi connectivity index (χ2n) is 8.61. The maximum atomic E-state index is 15.0. The van der Waals surface area contributed by atoms with Crippen molar-refractivity contribution in [2.24, 2.45) is 7.05 Å². The summed E-state index contributed by atoms with van der Waals surface area (Å²) in [6.07, 6.45) is 7.30. The highest BCUT2D eigenvalue weighted by Crippen LogP contribution is 2.46. The Balaban J connectivity index is 1.43. The van der Waals surface area contributed by atoms with E-state index in [1.165, 1.54) is 23.2 Å². The molecule has 33 heavy (non-hydrogen) atoms. The summed E-state index contributed by atoms with van der Waals surface area (Å²) in [6.45, 7) is 3.96. The van der Waals surface area contributed by atoms with Gasteiger partial charge < -0.3 is 9.88 Å². The summed E-state index contributed by atoms with van der Waals surface area (Å²) in [7, 11) is 1.56. The van der Waals surface area contributed by atoms with Gasteiger partial charge in [0.2, 0.25) is 5.82 Å². The number of amides is 1. The zero-order valence-corrected chi connectivity index (χ0v) is 18.4. The zero-order valence-electron chi connectivity index (χ0n) is 18.4. The quantitative estimate of drug-likeness (QED) is 0.504. The van der Waals surface area contributed by atoms with E-state index in [1.54, 1.807) is 36.3 Å². The number of aryl methyl sites for hydroxylation is 1. The van der Waals surface area contributed by atoms with E-state index in [0.29, 0.717) is 24.1 Å². The smallest absolute Gasteiger partial charge is 0.289 e. The number of carbonyl (C=O) groups is 1. The molecule has 5 rings (SSSR count). The number of halogens is 1. The molecule has 0 saturated heterocycles. The molecule has 4 aromatic rings. The van der Waals surface area contributed by atoms with E-state index in [4.69, 9.17) is 0 Å². The Morgan fingerprint density at radius 3 is 2.67 bits per heavy atom. The molecule has 1 N–H and O–H groups in total. The molecule has 168 valence electrons. The fraction of sp³-hybridized carbons (Fsp3) is 0.304. The van der Waals surface area contributed by atoms with Gasteiger partial charge in [-0.1, -0.05) is 12.1 Å². The van der Waals surface area contributed by atoms with Crippen LogP contribution in [-0.4, -0.2) is 35.2 Å². The normalized spacial score (nSPS) is 14.6. The van der Waals surface area contributed by atoms with Crippen molar-refractivity contribution in [3.8, 4) is 11.1 Å². The van der Waals surface area contributed by atoms with Crippen LogP contribution in [0.3, 0.4) is 0 Å². The molecule has 9 nitrogen and oxygen atoms in total. The number of rotatable bonds is 5. The number of aromatic nitrogens is 6. The molecule has 10 heteroatoms. The SMILES string of the molecule is CC(C)n1ncc2cnc(C(=O)NC3(c4ccc(-c5cncn(C)c5=O)c(F)c4)CC3)nc21. The molecule has 1 aromatic carbocycles. The first kappa shape index (κ1) is 20.9. The third-order valence-electron chi connectivity index (χ3n) is 5.94. The highest BCUT2D eigenvalue weighted by molar-refractivity contribution is 5.93. The van der Waals surface area contributed by atoms with Gasteiger partial charge in [-0.25, -0.2) is 24.0 Å². The van der Waals surface area contributed by atoms with Crippen LogP contribution < -0.4 is 10.9 Å². The van der Waals surface area contributed by atoms with Gasteiger partial charge in [0.25, 0.3) is 11.5 Å². The van der Waals surface area contributed by atoms with Gasteiger partial charge in [0.15, 0.2) is 5.65 Å². The zero-order chi connectivity index (χ0) is 23.3. The fourth-order valence-electron chi connectivity index (χ4n) is 3.93. The monoisotopic (exact) mass is 447 g/mol. The summed E-state index contributed by atoms with van der Waals surface area (Å²) in [5.41, 5.74) is 0.549. The predicted molar refractivity (Wildman–Crippen MR) is 119 cm³/mol. The minimum Gasteiger partial charge on any atom is -0.340 e. The molecule has 1 saturated carbocycles. The van der Waals surface area contributed by atoms with Crippen molar-refractivity contribution in [3.05, 3.63) is 70.7 Å². The van der Waals surface area contributed by atoms with Crippen LogP contribution >= 0.6 is 0 Å². The van der Waals surface area contributed by atoms with Crippen LogP contribution in [-0.2, 0) is 12.6 Å². The highest BCUT2D eigenvalue weighted by Gasteiger charge is 2.46. The van der Waals surface area contributed by atoms with Gasteiger partial charge in [-0.3, -0.25) is 9.59 Å². The number of benzene rings is 1. The molecule has 1 aliphatic rings. The van der Waals surface area contributed by atoms with E-state index in [1.807, 2.05) is 13.8 Å². The van der Waals surface area contributed by atoms with Crippen molar-refractivity contribution in [2.45, 2.75) is 38.3 Å². The topological polar surface area (TPSA) is 108 Å². The van der Waals surface area contributed by atoms with Gasteiger partial charge in [-0.2, -0.15) is 5.10 Å². The maximum absolute atomic E-state index is 15.0. The highest BCUT2D eigenvalue weighted by atomic mass is 19.1. The van der Waals surface area contributed by atoms with E-state index in [-0.39, 0.29) is 28.6 Å². The predicted octanol–water partition coefficient (Wildman–Crippen LogP) is 2.73. The largest absolute Gasteiger partial charge is 0.340 e. The second-order valence-corrected chi connectivity index (χ2v) is 8.61. The number of hydrogen-bond acceptors (Lipinski definition) is 6. The van der Waals surface area contributed by atoms with Crippen LogP contribution in [0.5, 0.6) is 0 Å². The third-order valence-corrected chi connectivity index (χ3v) is 5.94. The standard InChI is InChI=1S/C23H22FN7O2/c1-13(2)31-20-14(10-27-31)9-26-19(28-20)21(32)29-23(6-7-23)15-4-5-16(18(24)8-15)17-11-25-12-30(3)22(17)33/h4-5,8-13H,6-7H2,1-3H3,(H,29,32). The summed E-state index contributed by atoms with van der Waals surface area (Å²) in [6, 6.07) is 4.74. The molecule has 0 spiro atoms. The number of carbonyl (C=O) groups excluding carboxylic acids is 1. The Morgan fingerprint density at radius 1 is 1.18 bits per heavy atom. The van der Waals surface area contributed by atoms with Crippen LogP contribution in [0.2, 0.25) is 0 Å². The average Bonchev–Trinajstić information content (AvgIpc) is 3.44. The Bertz CT molecular complexity index is 1450. The van der Waals surface area contributed by atoms with E-state index in [9.17, 15) is 9.59 Å². The van der Waals surface area contributed by atoms with Crippen LogP contribution in [0.1, 0.15) is 48.9 Å². The molecule has 1 amide bonds. The van der Waals surface area contributed by atoms with E-state index in [0.717, 1.165) is 5.39 Å². The summed E-state index contributed by atoms with van der Waals surface area (Å²) < 4.78 is 18.0. The molecule has 1 fully saturated rings. The molecular weight excluding hydrogens is 425 g/mol. The number of nitrogens with one attached hydrogen (secondary N) is 1. The van der Waals surface area contributed by atoms with Crippen molar-refractivity contribution in [1.82, 2.24) is 34.6 Å². The first-order valence-corrected chi connectivity index (χ1v) is 10.6. The van der Waals surface area contributed by atoms with Crippen molar-refractivity contribution >= 4 is 16.9 Å². The first-order chi connectivity index (χ1) is 15.8. The van der Waals surface area contributed by atoms with E-state index < -0.39 is 17.3 Å². The lowest BCUT2D eigenvalue weighted by Gasteiger charge is -2.18. The van der Waals surface area contributed by atoms with Crippen LogP contribution in [0.15, 0.2) is 47.9 Å². The summed E-state index contributed by atoms with van der Waals surface area (Å²) in [5, 5.41) is 8.02. The lowest BCUT2D eigenvalue weighted by atomic mass is 9.99. The minimum atomic E-state index is -0.688. The average molecular weight is 447 g/mol. The minimum absolute atomic E-state index is 0.0344. The van der Waals surface area contributed by atoms with E-state index in [2.05, 4.69) is 25.4 Å². The molecule has 0 unspecified atom stereocenters. The molecular formula is C23H22FN7O2. The van der Waals surface area contributed by atoms with Gasteiger partial charge in [-0.15, -0.1) is 0 Å². The molecule has 1 aliphatic carbocycles. The Hall–Kier alpha value is -3.95. The van der Waals surface area contributed by atoms with Crippen molar-refractivity contribution < 1.29 is 9.18 Å². The summed E-state index contributed by atoms with van der Waals surface area (Å²) in [4.78, 5) is 37.9. The Labute approximate surface area is 188 Å². The van der Waals surface area contributed by atoms with E-state index >= 15 is 4.39 Å². The maximum Gasteiger partial charge on any atom is 0.289 e. The molecule has 0 atom stereocenters.